The predicted molar refractivity (Wildman–Crippen MR) is 59.8 cm³/mol. The number of rotatable bonds is 3. The van der Waals surface area contributed by atoms with Gasteiger partial charge in [-0.05, 0) is 0 Å². The molecule has 0 saturated carbocycles. The van der Waals surface area contributed by atoms with E-state index >= 15 is 0 Å². The van der Waals surface area contributed by atoms with Crippen LogP contribution in [-0.2, 0) is 6.42 Å². The summed E-state index contributed by atoms with van der Waals surface area (Å²) in [4.78, 5) is 10.9. The molecule has 0 aliphatic rings. The number of aryl methyl sites for hydroxylation is 2. The molecule has 1 N–H and O–H groups in total. The molecule has 0 aliphatic carbocycles. The van der Waals surface area contributed by atoms with Crippen LogP contribution in [0.2, 0.25) is 0 Å². The molecule has 2 nitrogen and oxygen atoms in total. The van der Waals surface area contributed by atoms with Crippen molar-refractivity contribution in [3.8, 4) is 0 Å². The van der Waals surface area contributed by atoms with Crippen molar-refractivity contribution in [1.29, 1.82) is 0 Å². The zero-order valence-electron chi connectivity index (χ0n) is 9.98. The van der Waals surface area contributed by atoms with Crippen molar-refractivity contribution >= 4 is 55.1 Å². The molecule has 0 bridgehead atoms. The maximum atomic E-state index is 10.9. The molecule has 0 atom stereocenters. The van der Waals surface area contributed by atoms with E-state index in [0.717, 1.165) is 13.0 Å². The third-order valence-electron chi connectivity index (χ3n) is 2.69. The van der Waals surface area contributed by atoms with Gasteiger partial charge in [-0.2, -0.15) is 0 Å². The van der Waals surface area contributed by atoms with Crippen molar-refractivity contribution < 1.29 is 47.6 Å². The fourth-order valence-electron chi connectivity index (χ4n) is 1.76. The van der Waals surface area contributed by atoms with Crippen LogP contribution in [0.1, 0.15) is 16.7 Å². The Kier molecular flexibility index (Phi) is 7.42. The Morgan fingerprint density at radius 1 is 1.47 bits per heavy atom. The summed E-state index contributed by atoms with van der Waals surface area (Å²) in [7, 11) is 0. The summed E-state index contributed by atoms with van der Waals surface area (Å²) in [5.74, 6) is 0. The van der Waals surface area contributed by atoms with E-state index in [2.05, 4.69) is 31.3 Å². The summed E-state index contributed by atoms with van der Waals surface area (Å²) < 4.78 is 1.85. The molecule has 1 aromatic rings. The van der Waals surface area contributed by atoms with Crippen LogP contribution < -0.4 is 3.95 Å². The quantitative estimate of drug-likeness (QED) is 0.666. The molecule has 1 aromatic carbocycles. The Morgan fingerprint density at radius 2 is 2.13 bits per heavy atom. The number of benzene rings is 1. The van der Waals surface area contributed by atoms with E-state index in [9.17, 15) is 4.79 Å². The monoisotopic (exact) mass is 487 g/mol. The Hall–Kier alpha value is 1.96. The molecular weight excluding hydrogens is 474 g/mol. The fraction of sp³-hybridized carbons (Fsp3) is 0.364. The first-order valence-corrected chi connectivity index (χ1v) is 11.9. The normalized spacial score (nSPS) is 10.1. The van der Waals surface area contributed by atoms with Crippen LogP contribution in [0.3, 0.4) is 0 Å². The van der Waals surface area contributed by atoms with E-state index in [-0.39, 0.29) is 43.7 Å². The Labute approximate surface area is 159 Å². The van der Waals surface area contributed by atoms with Gasteiger partial charge in [0.2, 0.25) is 0 Å². The zero-order valence-corrected chi connectivity index (χ0v) is 23.1. The van der Waals surface area contributed by atoms with Gasteiger partial charge in [0.05, 0.1) is 0 Å². The summed E-state index contributed by atoms with van der Waals surface area (Å²) in [5.41, 5.74) is 4.22. The van der Waals surface area contributed by atoms with Crippen LogP contribution >= 0.6 is 0 Å². The molecule has 0 radical (unpaired) electrons. The van der Waals surface area contributed by atoms with Crippen LogP contribution in [-0.4, -0.2) is 63.0 Å². The first kappa shape index (κ1) is 15.0. The SMILES string of the molecule is Cc1cc(C)[c]([Rb])c(CCN[C](=O)[RaH])c1. The van der Waals surface area contributed by atoms with Gasteiger partial charge >= 0.3 is 164 Å². The molecule has 1 amide bonds. The Bertz CT molecular complexity index is 379. The van der Waals surface area contributed by atoms with Crippen LogP contribution in [0.25, 0.3) is 0 Å². The van der Waals surface area contributed by atoms with Gasteiger partial charge in [-0.25, -0.2) is 0 Å². The number of hydrogen-bond donors (Lipinski definition) is 1. The molecule has 0 fully saturated rings. The second-order valence-electron chi connectivity index (χ2n) is 4.10. The topological polar surface area (TPSA) is 29.1 Å². The van der Waals surface area contributed by atoms with E-state index in [1.54, 1.807) is -1.37 Å². The third kappa shape index (κ3) is 5.42. The first-order valence-electron chi connectivity index (χ1n) is 5.32. The number of hydrogen-bond acceptors (Lipinski definition) is 1. The average Bonchev–Trinajstić information content (AvgIpc) is 2.12. The van der Waals surface area contributed by atoms with Gasteiger partial charge in [0.15, 0.2) is 0 Å². The molecule has 15 heavy (non-hydrogen) atoms. The van der Waals surface area contributed by atoms with Crippen molar-refractivity contribution in [3.63, 3.8) is 0 Å². The van der Waals surface area contributed by atoms with Crippen molar-refractivity contribution in [2.45, 2.75) is 20.3 Å². The number of carbonyl (C=O) groups is 1. The van der Waals surface area contributed by atoms with Gasteiger partial charge in [-0.1, -0.05) is 0 Å². The summed E-state index contributed by atoms with van der Waals surface area (Å²) >= 11 is 0.524. The van der Waals surface area contributed by atoms with Crippen molar-refractivity contribution in [3.05, 3.63) is 28.8 Å². The molecular formula is C11H14NORaRb. The predicted octanol–water partition coefficient (Wildman–Crippen LogP) is 0.631. The molecule has 72 valence electrons. The third-order valence-corrected chi connectivity index (χ3v) is 7.66. The van der Waals surface area contributed by atoms with Crippen LogP contribution in [0.15, 0.2) is 12.1 Å². The van der Waals surface area contributed by atoms with E-state index in [1.165, 1.54) is 16.7 Å². The van der Waals surface area contributed by atoms with Gasteiger partial charge in [0, 0.05) is 0 Å². The molecule has 4 heteroatoms. The van der Waals surface area contributed by atoms with E-state index < -0.39 is 0 Å². The Balaban J connectivity index is 2.72. The number of nitrogens with one attached hydrogen (secondary N) is 1. The van der Waals surface area contributed by atoms with E-state index in [4.69, 9.17) is 0 Å². The molecule has 0 aliphatic heterocycles. The summed E-state index contributed by atoms with van der Waals surface area (Å²) in [6.45, 7) is 5.15. The van der Waals surface area contributed by atoms with Gasteiger partial charge in [0.25, 0.3) is 0 Å². The fourth-order valence-corrected chi connectivity index (χ4v) is 4.11. The molecule has 0 spiro atoms. The van der Waals surface area contributed by atoms with Crippen LogP contribution in [0, 0.1) is 56.6 Å². The van der Waals surface area contributed by atoms with Crippen molar-refractivity contribution in [2.24, 2.45) is 0 Å². The van der Waals surface area contributed by atoms with Gasteiger partial charge in [-0.15, -0.1) is 0 Å². The molecule has 0 unspecified atom stereocenters. The molecule has 1 rings (SSSR count). The standard InChI is InChI=1S/C11H13NO.Ra.Rb.H/c1-9-5-10(2)7-11(6-9)3-4-12-8-13;;;/h5-6H,3-4H2,1-2H3,(H,12,13);;;. The van der Waals surface area contributed by atoms with Crippen LogP contribution in [0.5, 0.6) is 0 Å². The minimum atomic E-state index is -0.0232. The van der Waals surface area contributed by atoms with Gasteiger partial charge < -0.3 is 0 Å². The Morgan fingerprint density at radius 3 is 2.73 bits per heavy atom. The molecule has 0 aromatic heterocycles. The molecule has 0 heterocycles. The van der Waals surface area contributed by atoms with Crippen molar-refractivity contribution in [1.82, 2.24) is 5.32 Å². The summed E-state index contributed by atoms with van der Waals surface area (Å²) in [6, 6.07) is 4.53. The zero-order chi connectivity index (χ0) is 11.4. The average molecular weight is 488 g/mol. The van der Waals surface area contributed by atoms with E-state index in [1.807, 2.05) is 0 Å². The number of amides is 1. The number of carbonyl (C=O) groups excluding carboxylic acids is 1. The molecule has 0 saturated heterocycles. The van der Waals surface area contributed by atoms with Crippen LogP contribution in [0.4, 0.5) is 4.79 Å². The second kappa shape index (κ2) is 7.41. The summed E-state index contributed by atoms with van der Waals surface area (Å²) in [6.07, 6.45) is 1.000. The maximum absolute atomic E-state index is 10.9. The van der Waals surface area contributed by atoms with Gasteiger partial charge in [-0.3, -0.25) is 0 Å². The first-order chi connectivity index (χ1) is 7.00. The second-order valence-corrected chi connectivity index (χ2v) is 10.3. The minimum absolute atomic E-state index is 0.0232. The van der Waals surface area contributed by atoms with Gasteiger partial charge in [0.1, 0.15) is 0 Å². The van der Waals surface area contributed by atoms with Crippen molar-refractivity contribution in [2.75, 3.05) is 6.54 Å². The van der Waals surface area contributed by atoms with E-state index in [0.29, 0.717) is 55.5 Å². The summed E-state index contributed by atoms with van der Waals surface area (Å²) in [5, 5.41) is 2.95.